The number of hydrogen-bond acceptors (Lipinski definition) is 5. The Morgan fingerprint density at radius 2 is 1.56 bits per heavy atom. The second kappa shape index (κ2) is 14.1. The predicted molar refractivity (Wildman–Crippen MR) is 162 cm³/mol. The van der Waals surface area contributed by atoms with E-state index in [0.29, 0.717) is 12.0 Å². The van der Waals surface area contributed by atoms with E-state index in [1.54, 1.807) is 18.2 Å². The Balaban J connectivity index is 2.08. The lowest BCUT2D eigenvalue weighted by Gasteiger charge is -2.34. The van der Waals surface area contributed by atoms with Gasteiger partial charge in [0.05, 0.1) is 11.9 Å². The van der Waals surface area contributed by atoms with Gasteiger partial charge in [-0.25, -0.2) is 8.42 Å². The average molecular weight is 578 g/mol. The summed E-state index contributed by atoms with van der Waals surface area (Å²) in [6, 6.07) is 22.2. The molecule has 0 heterocycles. The Bertz CT molecular complexity index is 1470. The van der Waals surface area contributed by atoms with Gasteiger partial charge in [0.1, 0.15) is 12.6 Å². The van der Waals surface area contributed by atoms with Crippen LogP contribution in [0.1, 0.15) is 54.2 Å². The van der Waals surface area contributed by atoms with Gasteiger partial charge >= 0.3 is 0 Å². The van der Waals surface area contributed by atoms with Crippen molar-refractivity contribution in [2.24, 2.45) is 0 Å². The van der Waals surface area contributed by atoms with E-state index in [0.717, 1.165) is 27.3 Å². The Labute approximate surface area is 243 Å². The number of benzene rings is 3. The largest absolute Gasteiger partial charge is 0.352 e. The van der Waals surface area contributed by atoms with Crippen LogP contribution in [0.3, 0.4) is 0 Å². The topological polar surface area (TPSA) is 104 Å². The number of carbonyl (C=O) groups is 3. The molecule has 2 amide bonds. The first kappa shape index (κ1) is 31.5. The monoisotopic (exact) mass is 577 g/mol. The van der Waals surface area contributed by atoms with Crippen molar-refractivity contribution in [2.45, 2.75) is 59.2 Å². The maximum Gasteiger partial charge on any atom is 0.244 e. The van der Waals surface area contributed by atoms with E-state index >= 15 is 0 Å². The highest BCUT2D eigenvalue weighted by Crippen LogP contribution is 2.22. The Morgan fingerprint density at radius 3 is 2.17 bits per heavy atom. The molecule has 2 atom stereocenters. The smallest absolute Gasteiger partial charge is 0.244 e. The van der Waals surface area contributed by atoms with Crippen molar-refractivity contribution in [1.29, 1.82) is 0 Å². The molecular weight excluding hydrogens is 538 g/mol. The van der Waals surface area contributed by atoms with Crippen molar-refractivity contribution in [2.75, 3.05) is 17.1 Å². The SMILES string of the molecule is CC[C@@H](C)NC(=O)[C@H](Cc1ccccc1)N(Cc1cccc(C)c1)C(=O)CN(c1cccc(C(C)=O)c1)S(C)(=O)=O. The van der Waals surface area contributed by atoms with Crippen molar-refractivity contribution in [3.8, 4) is 0 Å². The first-order valence-electron chi connectivity index (χ1n) is 13.7. The summed E-state index contributed by atoms with van der Waals surface area (Å²) in [6.07, 6.45) is 1.98. The van der Waals surface area contributed by atoms with Crippen LogP contribution < -0.4 is 9.62 Å². The number of hydrogen-bond donors (Lipinski definition) is 1. The summed E-state index contributed by atoms with van der Waals surface area (Å²) in [6.45, 7) is 6.78. The van der Waals surface area contributed by atoms with Crippen LogP contribution >= 0.6 is 0 Å². The maximum atomic E-state index is 14.1. The molecule has 3 aromatic carbocycles. The third-order valence-corrected chi connectivity index (χ3v) is 8.07. The number of rotatable bonds is 13. The van der Waals surface area contributed by atoms with Gasteiger partial charge in [-0.15, -0.1) is 0 Å². The fourth-order valence-corrected chi connectivity index (χ4v) is 5.34. The van der Waals surface area contributed by atoms with E-state index in [-0.39, 0.29) is 36.4 Å². The van der Waals surface area contributed by atoms with E-state index in [1.165, 1.54) is 17.9 Å². The third-order valence-electron chi connectivity index (χ3n) is 6.93. The van der Waals surface area contributed by atoms with E-state index in [1.807, 2.05) is 75.4 Å². The van der Waals surface area contributed by atoms with Crippen molar-refractivity contribution in [1.82, 2.24) is 10.2 Å². The molecule has 0 aliphatic heterocycles. The molecule has 8 nitrogen and oxygen atoms in total. The molecule has 218 valence electrons. The van der Waals surface area contributed by atoms with Crippen molar-refractivity contribution < 1.29 is 22.8 Å². The number of nitrogens with zero attached hydrogens (tertiary/aromatic N) is 2. The fourth-order valence-electron chi connectivity index (χ4n) is 4.50. The van der Waals surface area contributed by atoms with Gasteiger partial charge in [0.25, 0.3) is 0 Å². The quantitative estimate of drug-likeness (QED) is 0.301. The highest BCUT2D eigenvalue weighted by Gasteiger charge is 2.33. The highest BCUT2D eigenvalue weighted by molar-refractivity contribution is 7.92. The molecule has 0 saturated carbocycles. The molecule has 0 aliphatic rings. The second-order valence-electron chi connectivity index (χ2n) is 10.4. The number of anilines is 1. The Morgan fingerprint density at radius 1 is 0.902 bits per heavy atom. The van der Waals surface area contributed by atoms with Crippen LogP contribution in [-0.4, -0.2) is 55.8 Å². The minimum atomic E-state index is -3.92. The number of sulfonamides is 1. The molecular formula is C32H39N3O5S. The average Bonchev–Trinajstić information content (AvgIpc) is 2.93. The lowest BCUT2D eigenvalue weighted by Crippen LogP contribution is -2.54. The van der Waals surface area contributed by atoms with E-state index in [4.69, 9.17) is 0 Å². The predicted octanol–water partition coefficient (Wildman–Crippen LogP) is 4.52. The fraction of sp³-hybridized carbons (Fsp3) is 0.344. The molecule has 0 aliphatic carbocycles. The van der Waals surface area contributed by atoms with Crippen LogP contribution in [0.5, 0.6) is 0 Å². The van der Waals surface area contributed by atoms with Crippen LogP contribution in [0.4, 0.5) is 5.69 Å². The van der Waals surface area contributed by atoms with Gasteiger partial charge in [-0.2, -0.15) is 0 Å². The van der Waals surface area contributed by atoms with Crippen molar-refractivity contribution in [3.63, 3.8) is 0 Å². The van der Waals surface area contributed by atoms with Gasteiger partial charge in [0, 0.05) is 24.6 Å². The van der Waals surface area contributed by atoms with E-state index in [2.05, 4.69) is 5.32 Å². The zero-order valence-corrected chi connectivity index (χ0v) is 25.1. The second-order valence-corrected chi connectivity index (χ2v) is 12.3. The zero-order chi connectivity index (χ0) is 30.2. The van der Waals surface area contributed by atoms with Gasteiger partial charge in [-0.05, 0) is 50.5 Å². The molecule has 0 saturated heterocycles. The molecule has 0 unspecified atom stereocenters. The molecule has 0 radical (unpaired) electrons. The molecule has 0 bridgehead atoms. The number of Topliss-reactive ketones (excluding diaryl/α,β-unsaturated/α-hetero) is 1. The van der Waals surface area contributed by atoms with E-state index < -0.39 is 28.5 Å². The molecule has 0 fully saturated rings. The molecule has 3 rings (SSSR count). The lowest BCUT2D eigenvalue weighted by atomic mass is 10.0. The van der Waals surface area contributed by atoms with Crippen LogP contribution in [0, 0.1) is 6.92 Å². The molecule has 3 aromatic rings. The van der Waals surface area contributed by atoms with Crippen LogP contribution in [0.2, 0.25) is 0 Å². The molecule has 0 aromatic heterocycles. The standard InChI is InChI=1S/C32H39N3O5S/c1-6-24(3)33-32(38)30(19-26-13-8-7-9-14-26)34(21-27-15-10-12-23(2)18-27)31(37)22-35(41(5,39)40)29-17-11-16-28(20-29)25(4)36/h7-18,20,24,30H,6,19,21-22H2,1-5H3,(H,33,38)/t24-,30+/m1/s1. The minimum Gasteiger partial charge on any atom is -0.352 e. The lowest BCUT2D eigenvalue weighted by molar-refractivity contribution is -0.140. The molecule has 0 spiro atoms. The van der Waals surface area contributed by atoms with Crippen molar-refractivity contribution >= 4 is 33.3 Å². The van der Waals surface area contributed by atoms with Gasteiger partial charge < -0.3 is 10.2 Å². The number of aryl methyl sites for hydroxylation is 1. The van der Waals surface area contributed by atoms with Crippen molar-refractivity contribution in [3.05, 3.63) is 101 Å². The summed E-state index contributed by atoms with van der Waals surface area (Å²) in [7, 11) is -3.92. The van der Waals surface area contributed by atoms with Gasteiger partial charge in [0.2, 0.25) is 21.8 Å². The van der Waals surface area contributed by atoms with Crippen LogP contribution in [-0.2, 0) is 32.6 Å². The summed E-state index contributed by atoms with van der Waals surface area (Å²) in [4.78, 5) is 41.3. The zero-order valence-electron chi connectivity index (χ0n) is 24.3. The van der Waals surface area contributed by atoms with Gasteiger partial charge in [0.15, 0.2) is 5.78 Å². The van der Waals surface area contributed by atoms with Crippen LogP contribution in [0.25, 0.3) is 0 Å². The minimum absolute atomic E-state index is 0.108. The number of ketones is 1. The summed E-state index contributed by atoms with van der Waals surface area (Å²) >= 11 is 0. The summed E-state index contributed by atoms with van der Waals surface area (Å²) in [5, 5.41) is 3.02. The third kappa shape index (κ3) is 9.01. The molecule has 1 N–H and O–H groups in total. The first-order valence-corrected chi connectivity index (χ1v) is 15.5. The summed E-state index contributed by atoms with van der Waals surface area (Å²) < 4.78 is 26.9. The molecule has 9 heteroatoms. The number of amides is 2. The first-order chi connectivity index (χ1) is 19.4. The maximum absolute atomic E-state index is 14.1. The number of nitrogens with one attached hydrogen (secondary N) is 1. The highest BCUT2D eigenvalue weighted by atomic mass is 32.2. The normalized spacial score (nSPS) is 12.7. The Kier molecular flexibility index (Phi) is 10.8. The summed E-state index contributed by atoms with van der Waals surface area (Å²) in [5.74, 6) is -1.07. The number of carbonyl (C=O) groups excluding carboxylic acids is 3. The van der Waals surface area contributed by atoms with Gasteiger partial charge in [-0.3, -0.25) is 18.7 Å². The Hall–Kier alpha value is -3.98. The molecule has 41 heavy (non-hydrogen) atoms. The van der Waals surface area contributed by atoms with E-state index in [9.17, 15) is 22.8 Å². The summed E-state index contributed by atoms with van der Waals surface area (Å²) in [5.41, 5.74) is 3.21. The van der Waals surface area contributed by atoms with Crippen LogP contribution in [0.15, 0.2) is 78.9 Å². The van der Waals surface area contributed by atoms with Gasteiger partial charge in [-0.1, -0.05) is 79.2 Å².